The quantitative estimate of drug-likeness (QED) is 0.367. The van der Waals surface area contributed by atoms with Crippen molar-refractivity contribution in [1.29, 1.82) is 0 Å². The van der Waals surface area contributed by atoms with Gasteiger partial charge in [0.1, 0.15) is 0 Å². The van der Waals surface area contributed by atoms with E-state index in [0.717, 1.165) is 0 Å². The Bertz CT molecular complexity index is 38.5. The van der Waals surface area contributed by atoms with Crippen LogP contribution in [0.5, 0.6) is 0 Å². The molecule has 6 heavy (non-hydrogen) atoms. The zero-order valence-electron chi connectivity index (χ0n) is 4.82. The van der Waals surface area contributed by atoms with Crippen LogP contribution < -0.4 is 0 Å². The molecular formula is C3H11BS2. The van der Waals surface area contributed by atoms with Crippen molar-refractivity contribution in [3.63, 3.8) is 0 Å². The molecule has 0 aromatic heterocycles. The van der Waals surface area contributed by atoms with Crippen LogP contribution in [0, 0.1) is 0 Å². The topological polar surface area (TPSA) is 0 Å². The highest BCUT2D eigenvalue weighted by molar-refractivity contribution is 9.01. The average molecular weight is 122 g/mol. The lowest BCUT2D eigenvalue weighted by Crippen LogP contribution is -1.82. The maximum Gasteiger partial charge on any atom is 0.164 e. The molecule has 0 nitrogen and oxygen atoms in total. The largest absolute Gasteiger partial charge is 0.236 e. The third-order valence-corrected chi connectivity index (χ3v) is 4.50. The average Bonchev–Trinajstić information content (AvgIpc) is 1.35. The van der Waals surface area contributed by atoms with Gasteiger partial charge in [-0.15, -0.1) is 10.8 Å². The summed E-state index contributed by atoms with van der Waals surface area (Å²) in [6.07, 6.45) is 6.74. The van der Waals surface area contributed by atoms with E-state index in [9.17, 15) is 0 Å². The fourth-order valence-corrected chi connectivity index (χ4v) is 0. The van der Waals surface area contributed by atoms with Gasteiger partial charge in [0.15, 0.2) is 7.12 Å². The molecule has 0 aromatic rings. The SMILES string of the molecule is BS(C)(C)SC. The Labute approximate surface area is 46.1 Å². The van der Waals surface area contributed by atoms with E-state index < -0.39 is 0 Å². The van der Waals surface area contributed by atoms with Gasteiger partial charge >= 0.3 is 0 Å². The predicted molar refractivity (Wildman–Crippen MR) is 41.5 cm³/mol. The van der Waals surface area contributed by atoms with Gasteiger partial charge in [-0.3, -0.25) is 0 Å². The van der Waals surface area contributed by atoms with Gasteiger partial charge in [-0.1, -0.05) is 0 Å². The summed E-state index contributed by atoms with van der Waals surface area (Å²) in [6.45, 7) is 0. The Balaban J connectivity index is 3.17. The van der Waals surface area contributed by atoms with Gasteiger partial charge in [0.05, 0.1) is 0 Å². The Hall–Kier alpha value is 0.765. The van der Waals surface area contributed by atoms with E-state index in [1.165, 1.54) is 0 Å². The molecule has 0 fully saturated rings. The Morgan fingerprint density at radius 1 is 1.50 bits per heavy atom. The minimum Gasteiger partial charge on any atom is -0.236 e. The van der Waals surface area contributed by atoms with Crippen molar-refractivity contribution in [3.8, 4) is 0 Å². The highest BCUT2D eigenvalue weighted by Gasteiger charge is 1.96. The molecule has 0 N–H and O–H groups in total. The summed E-state index contributed by atoms with van der Waals surface area (Å²) >= 11 is 0. The Morgan fingerprint density at radius 2 is 1.67 bits per heavy atom. The van der Waals surface area contributed by atoms with E-state index in [0.29, 0.717) is 0 Å². The lowest BCUT2D eigenvalue weighted by Gasteiger charge is -2.20. The number of hydrogen-bond donors (Lipinski definition) is 0. The first kappa shape index (κ1) is 6.76. The minimum atomic E-state index is -0.245. The minimum absolute atomic E-state index is 0.245. The molecule has 0 bridgehead atoms. The zero-order chi connectivity index (χ0) is 5.21. The maximum absolute atomic E-state index is 2.29. The molecule has 0 amide bonds. The molecule has 0 aliphatic carbocycles. The molecule has 3 heteroatoms. The monoisotopic (exact) mass is 122 g/mol. The molecule has 0 aliphatic heterocycles. The van der Waals surface area contributed by atoms with E-state index in [1.807, 2.05) is 10.8 Å². The second kappa shape index (κ2) is 2.17. The summed E-state index contributed by atoms with van der Waals surface area (Å²) in [7, 11) is 4.01. The molecular weight excluding hydrogens is 111 g/mol. The van der Waals surface area contributed by atoms with Gasteiger partial charge < -0.3 is 0 Å². The molecule has 0 spiro atoms. The Kier molecular flexibility index (Phi) is 2.45. The lowest BCUT2D eigenvalue weighted by molar-refractivity contribution is 2.32. The van der Waals surface area contributed by atoms with Gasteiger partial charge in [-0.05, 0) is 18.8 Å². The summed E-state index contributed by atoms with van der Waals surface area (Å²) in [5.41, 5.74) is 0. The van der Waals surface area contributed by atoms with Crippen molar-refractivity contribution in [3.05, 3.63) is 0 Å². The standard InChI is InChI=1S/C3H11BS2/c1-5-6(2,3)4/h4H2,1-3H3. The normalized spacial score (nSPS) is 14.5. The van der Waals surface area contributed by atoms with Crippen LogP contribution in [0.1, 0.15) is 0 Å². The van der Waals surface area contributed by atoms with Crippen LogP contribution in [0.2, 0.25) is 0 Å². The molecule has 38 valence electrons. The maximum atomic E-state index is 2.29. The molecule has 0 heterocycles. The van der Waals surface area contributed by atoms with E-state index in [2.05, 4.69) is 25.9 Å². The molecule has 0 radical (unpaired) electrons. The van der Waals surface area contributed by atoms with Crippen molar-refractivity contribution in [2.75, 3.05) is 18.8 Å². The Morgan fingerprint density at radius 3 is 1.67 bits per heavy atom. The molecule has 0 unspecified atom stereocenters. The predicted octanol–water partition coefficient (Wildman–Crippen LogP) is 0.877. The van der Waals surface area contributed by atoms with Crippen molar-refractivity contribution in [1.82, 2.24) is 0 Å². The van der Waals surface area contributed by atoms with Crippen LogP contribution in [0.3, 0.4) is 0 Å². The van der Waals surface area contributed by atoms with E-state index in [1.54, 1.807) is 0 Å². The number of rotatable bonds is 1. The smallest absolute Gasteiger partial charge is 0.164 e. The van der Waals surface area contributed by atoms with Gasteiger partial charge in [-0.25, -0.2) is 8.91 Å². The summed E-state index contributed by atoms with van der Waals surface area (Å²) in [5, 5.41) is 0. The molecule has 0 saturated carbocycles. The first-order chi connectivity index (χ1) is 2.56. The third kappa shape index (κ3) is 4.76. The van der Waals surface area contributed by atoms with Crippen LogP contribution in [0.15, 0.2) is 0 Å². The van der Waals surface area contributed by atoms with Crippen molar-refractivity contribution in [2.24, 2.45) is 0 Å². The van der Waals surface area contributed by atoms with Crippen LogP contribution in [-0.4, -0.2) is 25.9 Å². The highest BCUT2D eigenvalue weighted by atomic mass is 33.2. The van der Waals surface area contributed by atoms with Gasteiger partial charge in [0.25, 0.3) is 0 Å². The first-order valence-electron chi connectivity index (χ1n) is 1.80. The second-order valence-corrected chi connectivity index (χ2v) is 9.67. The molecule has 0 aromatic carbocycles. The van der Waals surface area contributed by atoms with Crippen molar-refractivity contribution in [2.45, 2.75) is 0 Å². The molecule has 0 rings (SSSR count). The van der Waals surface area contributed by atoms with E-state index >= 15 is 0 Å². The number of hydrogen-bond acceptors (Lipinski definition) is 1. The zero-order valence-corrected chi connectivity index (χ0v) is 6.45. The van der Waals surface area contributed by atoms with E-state index in [-0.39, 0.29) is 8.91 Å². The first-order valence-corrected chi connectivity index (χ1v) is 6.40. The van der Waals surface area contributed by atoms with E-state index in [4.69, 9.17) is 0 Å². The second-order valence-electron chi connectivity index (χ2n) is 1.89. The summed E-state index contributed by atoms with van der Waals surface area (Å²) in [4.78, 5) is 0. The summed E-state index contributed by atoms with van der Waals surface area (Å²) in [6, 6.07) is 0. The molecule has 0 saturated heterocycles. The van der Waals surface area contributed by atoms with Gasteiger partial charge in [-0.2, -0.15) is 0 Å². The van der Waals surface area contributed by atoms with Crippen LogP contribution in [-0.2, 0) is 0 Å². The fraction of sp³-hybridized carbons (Fsp3) is 1.00. The third-order valence-electron chi connectivity index (χ3n) is 0.500. The van der Waals surface area contributed by atoms with Gasteiger partial charge in [0.2, 0.25) is 0 Å². The van der Waals surface area contributed by atoms with Crippen molar-refractivity contribution >= 4 is 26.8 Å². The van der Waals surface area contributed by atoms with Crippen LogP contribution >= 0.6 is 19.7 Å². The lowest BCUT2D eigenvalue weighted by atomic mass is 10.8. The van der Waals surface area contributed by atoms with Crippen molar-refractivity contribution < 1.29 is 0 Å². The molecule has 0 aliphatic rings. The van der Waals surface area contributed by atoms with Crippen LogP contribution in [0.4, 0.5) is 0 Å². The summed E-state index contributed by atoms with van der Waals surface area (Å²) in [5.74, 6) is 0. The summed E-state index contributed by atoms with van der Waals surface area (Å²) < 4.78 is 0. The highest BCUT2D eigenvalue weighted by Crippen LogP contribution is 2.46. The van der Waals surface area contributed by atoms with Gasteiger partial charge in [0, 0.05) is 0 Å². The van der Waals surface area contributed by atoms with Crippen LogP contribution in [0.25, 0.3) is 0 Å². The fourth-order valence-electron chi connectivity index (χ4n) is 0. The molecule has 0 atom stereocenters.